The van der Waals surface area contributed by atoms with E-state index in [0.29, 0.717) is 34.1 Å². The first kappa shape index (κ1) is 32.4. The van der Waals surface area contributed by atoms with Gasteiger partial charge in [0.15, 0.2) is 0 Å². The monoisotopic (exact) mass is 632 g/mol. The summed E-state index contributed by atoms with van der Waals surface area (Å²) in [5, 5.41) is 22.4. The van der Waals surface area contributed by atoms with Gasteiger partial charge in [-0.2, -0.15) is 0 Å². The van der Waals surface area contributed by atoms with Crippen LogP contribution >= 0.6 is 0 Å². The Kier molecular flexibility index (Phi) is 7.81. The molecule has 0 fully saturated rings. The lowest BCUT2D eigenvalue weighted by atomic mass is 9.76. The van der Waals surface area contributed by atoms with Gasteiger partial charge < -0.3 is 29.2 Å². The maximum atomic E-state index is 11.2. The van der Waals surface area contributed by atoms with E-state index >= 15 is 0 Å². The summed E-state index contributed by atoms with van der Waals surface area (Å²) in [6.45, 7) is 16.5. The molecule has 0 amide bonds. The molecule has 0 radical (unpaired) electrons. The zero-order valence-corrected chi connectivity index (χ0v) is 29.0. The van der Waals surface area contributed by atoms with Gasteiger partial charge >= 0.3 is 0 Å². The van der Waals surface area contributed by atoms with E-state index in [0.717, 1.165) is 56.0 Å². The van der Waals surface area contributed by atoms with Crippen molar-refractivity contribution in [3.63, 3.8) is 0 Å². The summed E-state index contributed by atoms with van der Waals surface area (Å²) < 4.78 is 24.3. The van der Waals surface area contributed by atoms with Crippen LogP contribution in [-0.2, 0) is 16.6 Å². The van der Waals surface area contributed by atoms with Crippen LogP contribution in [0.1, 0.15) is 72.2 Å². The molecule has 2 aliphatic rings. The fourth-order valence-corrected chi connectivity index (χ4v) is 6.71. The van der Waals surface area contributed by atoms with Gasteiger partial charge in [0.05, 0.1) is 25.3 Å². The number of ether oxygens (including phenoxy) is 4. The van der Waals surface area contributed by atoms with Gasteiger partial charge in [-0.05, 0) is 122 Å². The molecule has 0 saturated carbocycles. The highest BCUT2D eigenvalue weighted by atomic mass is 16.5. The minimum Gasteiger partial charge on any atom is -0.496 e. The third-order valence-electron chi connectivity index (χ3n) is 9.85. The molecule has 0 bridgehead atoms. The van der Waals surface area contributed by atoms with Crippen LogP contribution in [0.2, 0.25) is 0 Å². The van der Waals surface area contributed by atoms with E-state index in [4.69, 9.17) is 18.9 Å². The topological polar surface area (TPSA) is 77.4 Å². The maximum absolute atomic E-state index is 11.2. The van der Waals surface area contributed by atoms with E-state index in [1.807, 2.05) is 62.4 Å². The van der Waals surface area contributed by atoms with Crippen LogP contribution in [0.15, 0.2) is 84.0 Å². The molecule has 2 aliphatic carbocycles. The Morgan fingerprint density at radius 3 is 1.11 bits per heavy atom. The van der Waals surface area contributed by atoms with Crippen molar-refractivity contribution in [2.24, 2.45) is 0 Å². The summed E-state index contributed by atoms with van der Waals surface area (Å²) in [7, 11) is 3.21. The standard InChI is InChI=1S/C41H44O6/c1-23-17-29(18-24(2)37(23)46-33-15-11-13-31(44-9)35(33)40(42)21-27(40)5)39(7,8)30-19-25(3)38(26(4)20-30)47-34-16-12-14-32(45-10)36(34)41(43)22-28(41)6/h11-22,42-43H,1-10H3. The fourth-order valence-electron chi connectivity index (χ4n) is 6.71. The van der Waals surface area contributed by atoms with E-state index in [2.05, 4.69) is 65.8 Å². The SMILES string of the molecule is COc1cccc(Oc2c(C)cc(C(C)(C)c3cc(C)c(Oc4cccc(OC)c4C4(O)C=C4C)c(C)c3)cc2C)c1C1(O)C=C1C. The van der Waals surface area contributed by atoms with E-state index in [9.17, 15) is 10.2 Å². The summed E-state index contributed by atoms with van der Waals surface area (Å²) in [6.07, 6.45) is 3.63. The second-order valence-electron chi connectivity index (χ2n) is 13.6. The first-order chi connectivity index (χ1) is 22.1. The Balaban J connectivity index is 1.31. The highest BCUT2D eigenvalue weighted by molar-refractivity contribution is 5.64. The van der Waals surface area contributed by atoms with Gasteiger partial charge in [-0.1, -0.05) is 50.2 Å². The van der Waals surface area contributed by atoms with Crippen LogP contribution in [0.25, 0.3) is 0 Å². The molecular weight excluding hydrogens is 588 g/mol. The third kappa shape index (κ3) is 5.39. The van der Waals surface area contributed by atoms with Crippen molar-refractivity contribution < 1.29 is 29.2 Å². The Morgan fingerprint density at radius 1 is 0.532 bits per heavy atom. The number of aliphatic hydroxyl groups is 2. The summed E-state index contributed by atoms with van der Waals surface area (Å²) in [6, 6.07) is 19.9. The Bertz CT molecular complexity index is 1800. The van der Waals surface area contributed by atoms with Gasteiger partial charge in [-0.15, -0.1) is 0 Å². The molecule has 6 nitrogen and oxygen atoms in total. The lowest BCUT2D eigenvalue weighted by Gasteiger charge is -2.30. The molecule has 4 aromatic rings. The number of methoxy groups -OCH3 is 2. The van der Waals surface area contributed by atoms with Crippen LogP contribution in [0, 0.1) is 27.7 Å². The quantitative estimate of drug-likeness (QED) is 0.170. The zero-order chi connectivity index (χ0) is 34.1. The fraction of sp³-hybridized carbons (Fsp3) is 0.317. The van der Waals surface area contributed by atoms with Gasteiger partial charge in [0.2, 0.25) is 0 Å². The van der Waals surface area contributed by atoms with Crippen molar-refractivity contribution >= 4 is 0 Å². The van der Waals surface area contributed by atoms with Gasteiger partial charge in [0.1, 0.15) is 45.7 Å². The van der Waals surface area contributed by atoms with Crippen molar-refractivity contribution in [2.75, 3.05) is 14.2 Å². The summed E-state index contributed by atoms with van der Waals surface area (Å²) >= 11 is 0. The molecule has 2 unspecified atom stereocenters. The molecule has 0 heterocycles. The van der Waals surface area contributed by atoms with Crippen molar-refractivity contribution in [3.8, 4) is 34.5 Å². The van der Waals surface area contributed by atoms with E-state index in [1.54, 1.807) is 14.2 Å². The molecule has 6 heteroatoms. The Labute approximate surface area is 277 Å². The molecule has 4 aromatic carbocycles. The molecule has 244 valence electrons. The summed E-state index contributed by atoms with van der Waals surface area (Å²) in [5.41, 5.74) is 6.64. The Hall–Kier alpha value is -4.52. The summed E-state index contributed by atoms with van der Waals surface area (Å²) in [4.78, 5) is 0. The second kappa shape index (κ2) is 11.3. The van der Waals surface area contributed by atoms with Gasteiger partial charge in [0, 0.05) is 5.41 Å². The highest BCUT2D eigenvalue weighted by Gasteiger charge is 2.46. The molecule has 0 aromatic heterocycles. The lowest BCUT2D eigenvalue weighted by Crippen LogP contribution is -2.20. The summed E-state index contributed by atoms with van der Waals surface area (Å²) in [5.74, 6) is 3.82. The predicted molar refractivity (Wildman–Crippen MR) is 185 cm³/mol. The minimum absolute atomic E-state index is 0.335. The van der Waals surface area contributed by atoms with Gasteiger partial charge in [-0.3, -0.25) is 0 Å². The van der Waals surface area contributed by atoms with E-state index in [-0.39, 0.29) is 5.41 Å². The number of benzene rings is 4. The smallest absolute Gasteiger partial charge is 0.137 e. The van der Waals surface area contributed by atoms with Crippen LogP contribution in [0.4, 0.5) is 0 Å². The first-order valence-corrected chi connectivity index (χ1v) is 15.9. The number of hydrogen-bond acceptors (Lipinski definition) is 6. The molecular formula is C41H44O6. The van der Waals surface area contributed by atoms with Crippen molar-refractivity contribution in [2.45, 2.75) is 72.0 Å². The molecule has 0 saturated heterocycles. The predicted octanol–water partition coefficient (Wildman–Crippen LogP) is 9.14. The van der Waals surface area contributed by atoms with Crippen molar-refractivity contribution in [1.82, 2.24) is 0 Å². The van der Waals surface area contributed by atoms with Crippen molar-refractivity contribution in [3.05, 3.63) is 128 Å². The largest absolute Gasteiger partial charge is 0.496 e. The average Bonchev–Trinajstić information content (AvgIpc) is 3.87. The van der Waals surface area contributed by atoms with Crippen LogP contribution < -0.4 is 18.9 Å². The van der Waals surface area contributed by atoms with E-state index in [1.165, 1.54) is 0 Å². The molecule has 47 heavy (non-hydrogen) atoms. The first-order valence-electron chi connectivity index (χ1n) is 15.9. The maximum Gasteiger partial charge on any atom is 0.137 e. The normalized spacial score (nSPS) is 19.9. The highest BCUT2D eigenvalue weighted by Crippen LogP contribution is 2.53. The molecule has 2 N–H and O–H groups in total. The molecule has 0 aliphatic heterocycles. The van der Waals surface area contributed by atoms with Crippen LogP contribution in [0.3, 0.4) is 0 Å². The van der Waals surface area contributed by atoms with Crippen molar-refractivity contribution in [1.29, 1.82) is 0 Å². The minimum atomic E-state index is -1.15. The number of rotatable bonds is 10. The molecule has 6 rings (SSSR count). The second-order valence-corrected chi connectivity index (χ2v) is 13.6. The number of hydrogen-bond donors (Lipinski definition) is 2. The van der Waals surface area contributed by atoms with Crippen LogP contribution in [0.5, 0.6) is 34.5 Å². The molecule has 2 atom stereocenters. The average molecular weight is 633 g/mol. The molecule has 0 spiro atoms. The van der Waals surface area contributed by atoms with Gasteiger partial charge in [-0.25, -0.2) is 0 Å². The van der Waals surface area contributed by atoms with Crippen LogP contribution in [-0.4, -0.2) is 24.4 Å². The third-order valence-corrected chi connectivity index (χ3v) is 9.85. The zero-order valence-electron chi connectivity index (χ0n) is 29.0. The lowest BCUT2D eigenvalue weighted by molar-refractivity contribution is 0.164. The van der Waals surface area contributed by atoms with E-state index < -0.39 is 11.2 Å². The number of aryl methyl sites for hydroxylation is 4. The Morgan fingerprint density at radius 2 is 0.830 bits per heavy atom. The van der Waals surface area contributed by atoms with Gasteiger partial charge in [0.25, 0.3) is 0 Å².